The van der Waals surface area contributed by atoms with Gasteiger partial charge in [-0.1, -0.05) is 43.3 Å². The Hall–Kier alpha value is -3.54. The molecule has 1 aromatic heterocycles. The molecular formula is C26H30N2O4. The van der Waals surface area contributed by atoms with Gasteiger partial charge in [0.05, 0.1) is 13.7 Å². The lowest BCUT2D eigenvalue weighted by Crippen LogP contribution is -2.42. The van der Waals surface area contributed by atoms with Gasteiger partial charge in [0.1, 0.15) is 23.8 Å². The van der Waals surface area contributed by atoms with Gasteiger partial charge in [0.2, 0.25) is 5.91 Å². The molecule has 6 nitrogen and oxygen atoms in total. The summed E-state index contributed by atoms with van der Waals surface area (Å²) >= 11 is 0. The number of ether oxygens (including phenoxy) is 1. The fraction of sp³-hybridized carbons (Fsp3) is 0.308. The Labute approximate surface area is 189 Å². The number of rotatable bonds is 10. The summed E-state index contributed by atoms with van der Waals surface area (Å²) in [6, 6.07) is 20.6. The van der Waals surface area contributed by atoms with Crippen molar-refractivity contribution < 1.29 is 18.7 Å². The van der Waals surface area contributed by atoms with E-state index >= 15 is 0 Å². The zero-order valence-corrected chi connectivity index (χ0v) is 18.9. The van der Waals surface area contributed by atoms with Crippen molar-refractivity contribution in [3.63, 3.8) is 0 Å². The molecule has 0 fully saturated rings. The van der Waals surface area contributed by atoms with Crippen molar-refractivity contribution in [2.75, 3.05) is 20.2 Å². The zero-order valence-electron chi connectivity index (χ0n) is 18.9. The third kappa shape index (κ3) is 6.23. The molecule has 3 rings (SSSR count). The van der Waals surface area contributed by atoms with E-state index in [2.05, 4.69) is 0 Å². The average molecular weight is 435 g/mol. The van der Waals surface area contributed by atoms with E-state index in [1.807, 2.05) is 56.3 Å². The lowest BCUT2D eigenvalue weighted by molar-refractivity contribution is -0.133. The number of carbonyl (C=O) groups excluding carboxylic acids is 2. The number of carbonyl (C=O) groups is 2. The SMILES string of the molecule is CCCN(CC(=O)N(Cc1ccccc1)Cc1ccc(C)o1)C(=O)c1cccc(OC)c1. The van der Waals surface area contributed by atoms with Crippen molar-refractivity contribution in [2.24, 2.45) is 0 Å². The summed E-state index contributed by atoms with van der Waals surface area (Å²) in [4.78, 5) is 29.9. The summed E-state index contributed by atoms with van der Waals surface area (Å²) < 4.78 is 11.0. The lowest BCUT2D eigenvalue weighted by atomic mass is 10.1. The maximum atomic E-state index is 13.4. The molecule has 0 aliphatic carbocycles. The molecule has 0 N–H and O–H groups in total. The molecule has 2 amide bonds. The molecule has 0 saturated heterocycles. The molecule has 0 aliphatic rings. The van der Waals surface area contributed by atoms with Gasteiger partial charge in [0, 0.05) is 18.7 Å². The Kier molecular flexibility index (Phi) is 8.08. The summed E-state index contributed by atoms with van der Waals surface area (Å²) in [5.41, 5.74) is 1.52. The van der Waals surface area contributed by atoms with Crippen LogP contribution in [0.15, 0.2) is 71.1 Å². The van der Waals surface area contributed by atoms with E-state index in [9.17, 15) is 9.59 Å². The van der Waals surface area contributed by atoms with Gasteiger partial charge < -0.3 is 19.0 Å². The van der Waals surface area contributed by atoms with Gasteiger partial charge in [-0.2, -0.15) is 0 Å². The van der Waals surface area contributed by atoms with Crippen LogP contribution in [0.1, 0.15) is 40.8 Å². The van der Waals surface area contributed by atoms with Gasteiger partial charge in [0.25, 0.3) is 5.91 Å². The van der Waals surface area contributed by atoms with Crippen LogP contribution in [0, 0.1) is 6.92 Å². The van der Waals surface area contributed by atoms with E-state index in [4.69, 9.17) is 9.15 Å². The molecule has 0 saturated carbocycles. The molecule has 168 valence electrons. The van der Waals surface area contributed by atoms with Crippen molar-refractivity contribution in [3.8, 4) is 5.75 Å². The van der Waals surface area contributed by atoms with Crippen molar-refractivity contribution in [3.05, 3.63) is 89.4 Å². The minimum atomic E-state index is -0.187. The molecule has 32 heavy (non-hydrogen) atoms. The quantitative estimate of drug-likeness (QED) is 0.465. The first kappa shape index (κ1) is 23.1. The molecule has 6 heteroatoms. The summed E-state index contributed by atoms with van der Waals surface area (Å²) in [6.07, 6.45) is 0.749. The number of nitrogens with zero attached hydrogens (tertiary/aromatic N) is 2. The van der Waals surface area contributed by atoms with E-state index in [-0.39, 0.29) is 18.4 Å². The second-order valence-electron chi connectivity index (χ2n) is 7.71. The van der Waals surface area contributed by atoms with Crippen LogP contribution in [0.5, 0.6) is 5.75 Å². The molecule has 0 spiro atoms. The molecule has 0 radical (unpaired) electrons. The maximum absolute atomic E-state index is 13.4. The fourth-order valence-electron chi connectivity index (χ4n) is 3.52. The highest BCUT2D eigenvalue weighted by molar-refractivity contribution is 5.96. The number of furan rings is 1. The number of benzene rings is 2. The van der Waals surface area contributed by atoms with E-state index < -0.39 is 0 Å². The Bertz CT molecular complexity index is 1030. The van der Waals surface area contributed by atoms with Crippen molar-refractivity contribution in [2.45, 2.75) is 33.4 Å². The number of aryl methyl sites for hydroxylation is 1. The van der Waals surface area contributed by atoms with Crippen molar-refractivity contribution in [1.82, 2.24) is 9.80 Å². The molecule has 0 atom stereocenters. The zero-order chi connectivity index (χ0) is 22.9. The standard InChI is InChI=1S/C26H30N2O4/c1-4-15-27(26(30)22-11-8-12-23(16-22)31-3)19-25(29)28(17-21-9-6-5-7-10-21)18-24-14-13-20(2)32-24/h5-14,16H,4,15,17-19H2,1-3H3. The van der Waals surface area contributed by atoms with Crippen LogP contribution in [0.3, 0.4) is 0 Å². The summed E-state index contributed by atoms with van der Waals surface area (Å²) in [6.45, 7) is 5.13. The minimum Gasteiger partial charge on any atom is -0.497 e. The van der Waals surface area contributed by atoms with E-state index in [0.717, 1.165) is 17.7 Å². The van der Waals surface area contributed by atoms with Crippen molar-refractivity contribution in [1.29, 1.82) is 0 Å². The Morgan fingerprint density at radius 2 is 1.72 bits per heavy atom. The number of hydrogen-bond donors (Lipinski definition) is 0. The molecule has 0 aliphatic heterocycles. The smallest absolute Gasteiger partial charge is 0.254 e. The molecular weight excluding hydrogens is 404 g/mol. The van der Waals surface area contributed by atoms with Gasteiger partial charge in [-0.3, -0.25) is 9.59 Å². The molecule has 3 aromatic rings. The lowest BCUT2D eigenvalue weighted by Gasteiger charge is -2.27. The third-order valence-electron chi connectivity index (χ3n) is 5.14. The highest BCUT2D eigenvalue weighted by atomic mass is 16.5. The molecule has 2 aromatic carbocycles. The largest absolute Gasteiger partial charge is 0.497 e. The monoisotopic (exact) mass is 434 g/mol. The first-order valence-corrected chi connectivity index (χ1v) is 10.8. The third-order valence-corrected chi connectivity index (χ3v) is 5.14. The Morgan fingerprint density at radius 3 is 2.38 bits per heavy atom. The van der Waals surface area contributed by atoms with Crippen LogP contribution in [0.25, 0.3) is 0 Å². The highest BCUT2D eigenvalue weighted by Crippen LogP contribution is 2.17. The van der Waals surface area contributed by atoms with Crippen molar-refractivity contribution >= 4 is 11.8 Å². The predicted molar refractivity (Wildman–Crippen MR) is 123 cm³/mol. The summed E-state index contributed by atoms with van der Waals surface area (Å²) in [5, 5.41) is 0. The molecule has 0 bridgehead atoms. The maximum Gasteiger partial charge on any atom is 0.254 e. The van der Waals surface area contributed by atoms with Gasteiger partial charge in [-0.05, 0) is 49.2 Å². The number of hydrogen-bond acceptors (Lipinski definition) is 4. The van der Waals surface area contributed by atoms with E-state index in [1.54, 1.807) is 41.2 Å². The summed E-state index contributed by atoms with van der Waals surface area (Å²) in [7, 11) is 1.56. The van der Waals surface area contributed by atoms with Crippen LogP contribution in [-0.2, 0) is 17.9 Å². The summed E-state index contributed by atoms with van der Waals surface area (Å²) in [5.74, 6) is 1.80. The van der Waals surface area contributed by atoms with Crippen LogP contribution < -0.4 is 4.74 Å². The second kappa shape index (κ2) is 11.2. The van der Waals surface area contributed by atoms with Crippen LogP contribution in [0.4, 0.5) is 0 Å². The minimum absolute atomic E-state index is 0.00356. The highest BCUT2D eigenvalue weighted by Gasteiger charge is 2.23. The van der Waals surface area contributed by atoms with Gasteiger partial charge in [-0.15, -0.1) is 0 Å². The topological polar surface area (TPSA) is 63.0 Å². The van der Waals surface area contributed by atoms with Crippen LogP contribution in [0.2, 0.25) is 0 Å². The van der Waals surface area contributed by atoms with Gasteiger partial charge in [0.15, 0.2) is 0 Å². The molecule has 0 unspecified atom stereocenters. The van der Waals surface area contributed by atoms with E-state index in [0.29, 0.717) is 36.7 Å². The number of methoxy groups -OCH3 is 1. The first-order valence-electron chi connectivity index (χ1n) is 10.8. The Morgan fingerprint density at radius 1 is 0.938 bits per heavy atom. The van der Waals surface area contributed by atoms with Crippen LogP contribution in [-0.4, -0.2) is 41.8 Å². The average Bonchev–Trinajstić information content (AvgIpc) is 3.23. The normalized spacial score (nSPS) is 10.6. The second-order valence-corrected chi connectivity index (χ2v) is 7.71. The van der Waals surface area contributed by atoms with Gasteiger partial charge in [-0.25, -0.2) is 0 Å². The number of amides is 2. The Balaban J connectivity index is 1.79. The van der Waals surface area contributed by atoms with Gasteiger partial charge >= 0.3 is 0 Å². The molecule has 1 heterocycles. The van der Waals surface area contributed by atoms with Crippen LogP contribution >= 0.6 is 0 Å². The fourth-order valence-corrected chi connectivity index (χ4v) is 3.52. The first-order chi connectivity index (χ1) is 15.5. The van der Waals surface area contributed by atoms with E-state index in [1.165, 1.54) is 0 Å². The predicted octanol–water partition coefficient (Wildman–Crippen LogP) is 4.68.